The van der Waals surface area contributed by atoms with E-state index in [2.05, 4.69) is 5.43 Å². The molecule has 1 aliphatic rings. The fourth-order valence-electron chi connectivity index (χ4n) is 1.83. The summed E-state index contributed by atoms with van der Waals surface area (Å²) in [5, 5.41) is 0. The summed E-state index contributed by atoms with van der Waals surface area (Å²) in [4.78, 5) is 13.3. The zero-order valence-electron chi connectivity index (χ0n) is 9.40. The van der Waals surface area contributed by atoms with Crippen molar-refractivity contribution in [2.75, 3.05) is 27.3 Å². The molecule has 3 atom stereocenters. The third-order valence-electron chi connectivity index (χ3n) is 2.92. The SMILES string of the molecule is COC1CN(C(C)C(=O)NN)CC1OC. The number of hydrogen-bond donors (Lipinski definition) is 2. The molecule has 0 saturated carbocycles. The van der Waals surface area contributed by atoms with Crippen molar-refractivity contribution in [3.8, 4) is 0 Å². The van der Waals surface area contributed by atoms with Crippen LogP contribution >= 0.6 is 0 Å². The lowest BCUT2D eigenvalue weighted by Crippen LogP contribution is -2.47. The first kappa shape index (κ1) is 12.4. The van der Waals surface area contributed by atoms with Crippen LogP contribution in [0.25, 0.3) is 0 Å². The summed E-state index contributed by atoms with van der Waals surface area (Å²) in [7, 11) is 3.29. The number of hydrazine groups is 1. The normalized spacial score (nSPS) is 29.1. The van der Waals surface area contributed by atoms with Crippen LogP contribution in [-0.2, 0) is 14.3 Å². The molecule has 3 unspecified atom stereocenters. The highest BCUT2D eigenvalue weighted by atomic mass is 16.5. The number of methoxy groups -OCH3 is 2. The Hall–Kier alpha value is -0.690. The topological polar surface area (TPSA) is 76.8 Å². The zero-order chi connectivity index (χ0) is 11.4. The van der Waals surface area contributed by atoms with Crippen LogP contribution in [0.2, 0.25) is 0 Å². The third kappa shape index (κ3) is 2.66. The molecule has 15 heavy (non-hydrogen) atoms. The molecule has 3 N–H and O–H groups in total. The highest BCUT2D eigenvalue weighted by molar-refractivity contribution is 5.80. The van der Waals surface area contributed by atoms with Gasteiger partial charge in [-0.3, -0.25) is 15.1 Å². The van der Waals surface area contributed by atoms with Crippen LogP contribution in [0, 0.1) is 0 Å². The van der Waals surface area contributed by atoms with Crippen molar-refractivity contribution in [2.45, 2.75) is 25.2 Å². The highest BCUT2D eigenvalue weighted by Crippen LogP contribution is 2.17. The van der Waals surface area contributed by atoms with Crippen LogP contribution in [0.1, 0.15) is 6.92 Å². The Balaban J connectivity index is 2.56. The van der Waals surface area contributed by atoms with Gasteiger partial charge in [0.2, 0.25) is 0 Å². The second-order valence-electron chi connectivity index (χ2n) is 3.69. The van der Waals surface area contributed by atoms with E-state index in [9.17, 15) is 4.79 Å². The first-order chi connectivity index (χ1) is 7.13. The second kappa shape index (κ2) is 5.41. The molecule has 0 spiro atoms. The molecule has 0 aromatic heterocycles. The number of nitrogens with two attached hydrogens (primary N) is 1. The van der Waals surface area contributed by atoms with E-state index in [0.717, 1.165) is 0 Å². The van der Waals surface area contributed by atoms with Gasteiger partial charge in [0.15, 0.2) is 0 Å². The van der Waals surface area contributed by atoms with E-state index in [1.165, 1.54) is 0 Å². The fourth-order valence-corrected chi connectivity index (χ4v) is 1.83. The summed E-state index contributed by atoms with van der Waals surface area (Å²) in [6.07, 6.45) is 0.0334. The Labute approximate surface area is 89.7 Å². The summed E-state index contributed by atoms with van der Waals surface area (Å²) >= 11 is 0. The van der Waals surface area contributed by atoms with E-state index in [4.69, 9.17) is 15.3 Å². The molecule has 88 valence electrons. The number of carbonyl (C=O) groups excluding carboxylic acids is 1. The molecular formula is C9H19N3O3. The van der Waals surface area contributed by atoms with Crippen LogP contribution in [0.4, 0.5) is 0 Å². The number of carbonyl (C=O) groups is 1. The van der Waals surface area contributed by atoms with Crippen LogP contribution in [0.3, 0.4) is 0 Å². The minimum absolute atomic E-state index is 0.0167. The minimum Gasteiger partial charge on any atom is -0.377 e. The summed E-state index contributed by atoms with van der Waals surface area (Å²) < 4.78 is 10.6. The smallest absolute Gasteiger partial charge is 0.250 e. The van der Waals surface area contributed by atoms with Gasteiger partial charge in [-0.05, 0) is 6.92 Å². The van der Waals surface area contributed by atoms with Crippen molar-refractivity contribution >= 4 is 5.91 Å². The highest BCUT2D eigenvalue weighted by Gasteiger charge is 2.36. The first-order valence-electron chi connectivity index (χ1n) is 4.94. The van der Waals surface area contributed by atoms with Crippen LogP contribution in [0.5, 0.6) is 0 Å². The lowest BCUT2D eigenvalue weighted by molar-refractivity contribution is -0.125. The largest absolute Gasteiger partial charge is 0.377 e. The van der Waals surface area contributed by atoms with Gasteiger partial charge in [-0.15, -0.1) is 0 Å². The van der Waals surface area contributed by atoms with E-state index >= 15 is 0 Å². The van der Waals surface area contributed by atoms with Crippen molar-refractivity contribution in [2.24, 2.45) is 5.84 Å². The Kier molecular flexibility index (Phi) is 4.46. The van der Waals surface area contributed by atoms with Gasteiger partial charge < -0.3 is 9.47 Å². The van der Waals surface area contributed by atoms with E-state index < -0.39 is 0 Å². The maximum Gasteiger partial charge on any atom is 0.250 e. The molecular weight excluding hydrogens is 198 g/mol. The maximum absolute atomic E-state index is 11.3. The molecule has 6 nitrogen and oxygen atoms in total. The quantitative estimate of drug-likeness (QED) is 0.348. The summed E-state index contributed by atoms with van der Waals surface area (Å²) in [5.74, 6) is 4.89. The van der Waals surface area contributed by atoms with Crippen molar-refractivity contribution in [3.05, 3.63) is 0 Å². The lowest BCUT2D eigenvalue weighted by atomic mass is 10.3. The van der Waals surface area contributed by atoms with Crippen LogP contribution < -0.4 is 11.3 Å². The molecule has 6 heteroatoms. The van der Waals surface area contributed by atoms with Gasteiger partial charge in [0.1, 0.15) is 0 Å². The molecule has 1 aliphatic heterocycles. The van der Waals surface area contributed by atoms with E-state index in [-0.39, 0.29) is 24.2 Å². The average Bonchev–Trinajstić information content (AvgIpc) is 2.69. The van der Waals surface area contributed by atoms with Crippen LogP contribution in [0.15, 0.2) is 0 Å². The monoisotopic (exact) mass is 217 g/mol. The third-order valence-corrected chi connectivity index (χ3v) is 2.92. The Bertz CT molecular complexity index is 213. The molecule has 1 fully saturated rings. The molecule has 0 radical (unpaired) electrons. The zero-order valence-corrected chi connectivity index (χ0v) is 9.40. The van der Waals surface area contributed by atoms with Crippen molar-refractivity contribution < 1.29 is 14.3 Å². The number of nitrogens with zero attached hydrogens (tertiary/aromatic N) is 1. The Morgan fingerprint density at radius 1 is 1.40 bits per heavy atom. The molecule has 0 aromatic rings. The van der Waals surface area contributed by atoms with Crippen molar-refractivity contribution in [3.63, 3.8) is 0 Å². The molecule has 1 rings (SSSR count). The van der Waals surface area contributed by atoms with Gasteiger partial charge in [-0.25, -0.2) is 5.84 Å². The Morgan fingerprint density at radius 3 is 2.20 bits per heavy atom. The van der Waals surface area contributed by atoms with Gasteiger partial charge in [0.25, 0.3) is 5.91 Å². The molecule has 1 amide bonds. The van der Waals surface area contributed by atoms with Crippen molar-refractivity contribution in [1.29, 1.82) is 0 Å². The molecule has 0 bridgehead atoms. The number of ether oxygens (including phenoxy) is 2. The van der Waals surface area contributed by atoms with Gasteiger partial charge in [0, 0.05) is 27.3 Å². The average molecular weight is 217 g/mol. The van der Waals surface area contributed by atoms with Gasteiger partial charge in [-0.2, -0.15) is 0 Å². The number of nitrogens with one attached hydrogen (secondary N) is 1. The minimum atomic E-state index is -0.257. The molecule has 0 aromatic carbocycles. The van der Waals surface area contributed by atoms with Gasteiger partial charge in [0.05, 0.1) is 18.2 Å². The number of amides is 1. The summed E-state index contributed by atoms with van der Waals surface area (Å²) in [5.41, 5.74) is 2.15. The maximum atomic E-state index is 11.3. The van der Waals surface area contributed by atoms with E-state index in [0.29, 0.717) is 13.1 Å². The summed E-state index contributed by atoms with van der Waals surface area (Å²) in [6.45, 7) is 3.18. The predicted molar refractivity (Wildman–Crippen MR) is 55.0 cm³/mol. The van der Waals surface area contributed by atoms with Crippen molar-refractivity contribution in [1.82, 2.24) is 10.3 Å². The van der Waals surface area contributed by atoms with Crippen LogP contribution in [-0.4, -0.2) is 56.4 Å². The van der Waals surface area contributed by atoms with E-state index in [1.54, 1.807) is 14.2 Å². The number of hydrogen-bond acceptors (Lipinski definition) is 5. The molecule has 0 aliphatic carbocycles. The predicted octanol–water partition coefficient (Wildman–Crippen LogP) is -1.29. The Morgan fingerprint density at radius 2 is 1.87 bits per heavy atom. The fraction of sp³-hybridized carbons (Fsp3) is 0.889. The van der Waals surface area contributed by atoms with Gasteiger partial charge >= 0.3 is 0 Å². The summed E-state index contributed by atoms with van der Waals surface area (Å²) in [6, 6.07) is -0.257. The lowest BCUT2D eigenvalue weighted by Gasteiger charge is -2.21. The number of likely N-dealkylation sites (tertiary alicyclic amines) is 1. The second-order valence-corrected chi connectivity index (χ2v) is 3.69. The standard InChI is InChI=1S/C9H19N3O3/c1-6(9(13)11-10)12-4-7(14-2)8(5-12)15-3/h6-8H,4-5,10H2,1-3H3,(H,11,13). The van der Waals surface area contributed by atoms with E-state index in [1.807, 2.05) is 11.8 Å². The molecule has 1 saturated heterocycles. The van der Waals surface area contributed by atoms with Gasteiger partial charge in [-0.1, -0.05) is 0 Å². The number of rotatable bonds is 4. The molecule has 1 heterocycles. The first-order valence-corrected chi connectivity index (χ1v) is 4.94.